The van der Waals surface area contributed by atoms with Gasteiger partial charge in [-0.2, -0.15) is 16.8 Å². The Morgan fingerprint density at radius 2 is 1.09 bits per heavy atom. The first-order chi connectivity index (χ1) is 13.4. The zero-order chi connectivity index (χ0) is 20.1. The third kappa shape index (κ3) is 9.68. The molecule has 0 unspecified atom stereocenters. The molecule has 4 N–H and O–H groups in total. The molecule has 0 spiro atoms. The Labute approximate surface area is 273 Å². The van der Waals surface area contributed by atoms with Crippen LogP contribution in [0.15, 0.2) is 78.3 Å². The van der Waals surface area contributed by atoms with Gasteiger partial charge in [-0.3, -0.25) is 0 Å². The van der Waals surface area contributed by atoms with E-state index in [1.807, 2.05) is 0 Å². The second kappa shape index (κ2) is 16.3. The molecule has 9 nitrogen and oxygen atoms in total. The Hall–Kier alpha value is 0.583. The third-order valence-corrected chi connectivity index (χ3v) is 7.12. The van der Waals surface area contributed by atoms with Gasteiger partial charge in [0.15, 0.2) is 0 Å². The first-order valence-corrected chi connectivity index (χ1v) is 11.8. The maximum Gasteiger partial charge on any atom is 0.462 e. The van der Waals surface area contributed by atoms with Crippen LogP contribution in [0.1, 0.15) is 12.8 Å². The Morgan fingerprint density at radius 1 is 0.688 bits per heavy atom. The molecule has 0 fully saturated rings. The number of benzene rings is 1. The van der Waals surface area contributed by atoms with Gasteiger partial charge in [-0.15, -0.1) is 0 Å². The van der Waals surface area contributed by atoms with Gasteiger partial charge in [0.1, 0.15) is 11.5 Å². The van der Waals surface area contributed by atoms with Gasteiger partial charge in [0.2, 0.25) is 20.6 Å². The molecule has 0 heterocycles. The quantitative estimate of drug-likeness (QED) is 0.280. The van der Waals surface area contributed by atoms with E-state index in [4.69, 9.17) is 9.05 Å². The summed E-state index contributed by atoms with van der Waals surface area (Å²) in [7, 11) is -8.52. The van der Waals surface area contributed by atoms with Gasteiger partial charge in [-0.05, 0) is 48.6 Å². The van der Waals surface area contributed by atoms with Gasteiger partial charge < -0.3 is 20.0 Å². The van der Waals surface area contributed by atoms with E-state index in [1.54, 1.807) is 30.3 Å². The van der Waals surface area contributed by atoms with Crippen LogP contribution in [-0.4, -0.2) is 140 Å². The number of rotatable bonds is 5. The zero-order valence-corrected chi connectivity index (χ0v) is 26.2. The average molecular weight is 553 g/mol. The smallest absolute Gasteiger partial charge is 0.413 e. The van der Waals surface area contributed by atoms with Crippen LogP contribution >= 0.6 is 7.60 Å². The van der Waals surface area contributed by atoms with Gasteiger partial charge in [0.25, 0.3) is 0 Å². The first kappa shape index (κ1) is 34.7. The predicted molar refractivity (Wildman–Crippen MR) is 126 cm³/mol. The largest absolute Gasteiger partial charge is 0.462 e. The van der Waals surface area contributed by atoms with Gasteiger partial charge in [0, 0.05) is 116 Å². The van der Waals surface area contributed by atoms with E-state index in [1.165, 1.54) is 36.5 Å². The maximum absolute atomic E-state index is 13.5. The Bertz CT molecular complexity index is 1150. The molecule has 0 aromatic heterocycles. The molecule has 3 rings (SSSR count). The molecule has 1 aromatic rings. The molecule has 0 bridgehead atoms. The second-order valence-electron chi connectivity index (χ2n) is 5.71. The molecule has 0 atom stereocenters. The molecule has 14 heteroatoms. The zero-order valence-electron chi connectivity index (χ0n) is 17.4. The summed E-state index contributed by atoms with van der Waals surface area (Å²) < 4.78 is 68.9. The van der Waals surface area contributed by atoms with Crippen molar-refractivity contribution < 1.29 is 41.4 Å². The summed E-state index contributed by atoms with van der Waals surface area (Å²) in [6, 6.07) is 8.31. The number of hydrogen-bond donors (Lipinski definition) is 0. The molecule has 0 aliphatic heterocycles. The van der Waals surface area contributed by atoms with Crippen molar-refractivity contribution in [3.05, 3.63) is 78.3 Å². The van der Waals surface area contributed by atoms with Crippen molar-refractivity contribution in [3.8, 4) is 0 Å². The second-order valence-corrected chi connectivity index (χ2v) is 9.57. The van der Waals surface area contributed by atoms with Crippen molar-refractivity contribution in [3.63, 3.8) is 0 Å². The molecule has 1 aromatic carbocycles. The van der Waals surface area contributed by atoms with E-state index in [0.29, 0.717) is 5.30 Å². The summed E-state index contributed by atoms with van der Waals surface area (Å²) in [6.45, 7) is 0. The standard InChI is InChI=1S/C18H15O7PS2.2K.2H2O/c19-26(16-4-2-1-3-5-16,24-14-6-10-17(11-7-14)27(20)21)25-15-8-12-18(13-9-15)28(22)23;;;;/h1-10,12H,11,13H2;;;2*1H2. The molecule has 2 aliphatic carbocycles. The van der Waals surface area contributed by atoms with Gasteiger partial charge in [0.05, 0.1) is 15.0 Å². The van der Waals surface area contributed by atoms with Crippen molar-refractivity contribution in [1.29, 1.82) is 0 Å². The fourth-order valence-electron chi connectivity index (χ4n) is 2.42. The van der Waals surface area contributed by atoms with Crippen LogP contribution in [0.2, 0.25) is 0 Å². The maximum atomic E-state index is 13.5. The minimum absolute atomic E-state index is 0. The molecule has 0 saturated heterocycles. The summed E-state index contributed by atoms with van der Waals surface area (Å²) in [5.74, 6) is 0.435. The summed E-state index contributed by atoms with van der Waals surface area (Å²) in [4.78, 5) is 0.379. The number of hydrogen-bond acceptors (Lipinski definition) is 7. The van der Waals surface area contributed by atoms with Gasteiger partial charge >= 0.3 is 7.60 Å². The van der Waals surface area contributed by atoms with Gasteiger partial charge in [-0.1, -0.05) is 18.2 Å². The number of allylic oxidation sites excluding steroid dienone is 6. The van der Waals surface area contributed by atoms with Crippen molar-refractivity contribution in [2.24, 2.45) is 0 Å². The summed E-state index contributed by atoms with van der Waals surface area (Å²) in [5, 5.41) is 0.308. The molecule has 0 amide bonds. The Kier molecular flexibility index (Phi) is 17.7. The van der Waals surface area contributed by atoms with E-state index in [0.717, 1.165) is 0 Å². The minimum Gasteiger partial charge on any atom is -0.413 e. The van der Waals surface area contributed by atoms with Crippen LogP contribution < -0.4 is 5.30 Å². The van der Waals surface area contributed by atoms with Crippen molar-refractivity contribution in [2.75, 3.05) is 0 Å². The normalized spacial score (nSPS) is 14.2. The van der Waals surface area contributed by atoms with Crippen LogP contribution in [0, 0.1) is 0 Å². The molecular weight excluding hydrogens is 533 g/mol. The van der Waals surface area contributed by atoms with Crippen LogP contribution in [0.5, 0.6) is 0 Å². The average Bonchev–Trinajstić information content (AvgIpc) is 2.69. The van der Waals surface area contributed by atoms with E-state index < -0.39 is 28.2 Å². The van der Waals surface area contributed by atoms with Crippen LogP contribution in [-0.2, 0) is 34.2 Å². The predicted octanol–water partition coefficient (Wildman–Crippen LogP) is -0.0822. The molecular formula is C18H19K2O9PS2. The van der Waals surface area contributed by atoms with Crippen molar-refractivity contribution >= 4 is 146 Å². The van der Waals surface area contributed by atoms with Gasteiger partial charge in [-0.25, -0.2) is 4.57 Å². The van der Waals surface area contributed by atoms with E-state index in [2.05, 4.69) is 0 Å². The fraction of sp³-hybridized carbons (Fsp3) is 0.111. The summed E-state index contributed by atoms with van der Waals surface area (Å²) in [5.41, 5.74) is 0. The Morgan fingerprint density at radius 3 is 1.41 bits per heavy atom. The monoisotopic (exact) mass is 552 g/mol. The molecule has 32 heavy (non-hydrogen) atoms. The fourth-order valence-corrected chi connectivity index (χ4v) is 4.83. The van der Waals surface area contributed by atoms with Crippen LogP contribution in [0.4, 0.5) is 0 Å². The Balaban J connectivity index is 0. The van der Waals surface area contributed by atoms with E-state index in [9.17, 15) is 21.4 Å². The molecule has 2 radical (unpaired) electrons. The molecule has 2 aliphatic rings. The summed E-state index contributed by atoms with van der Waals surface area (Å²) >= 11 is 0. The van der Waals surface area contributed by atoms with Crippen LogP contribution in [0.3, 0.4) is 0 Å². The topological polar surface area (TPSA) is 167 Å². The third-order valence-electron chi connectivity index (χ3n) is 3.83. The SMILES string of the molecule is O.O.O=S(=O)=C1C=CC(OP(=O)(OC2=CCC(=S(=O)=O)C=C2)c2ccccc2)=CC1.[K].[K]. The summed E-state index contributed by atoms with van der Waals surface area (Å²) in [6.07, 6.45) is 8.80. The van der Waals surface area contributed by atoms with Crippen molar-refractivity contribution in [1.82, 2.24) is 0 Å². The van der Waals surface area contributed by atoms with Crippen LogP contribution in [0.25, 0.3) is 0 Å². The molecule has 164 valence electrons. The van der Waals surface area contributed by atoms with E-state index >= 15 is 0 Å². The molecule has 0 saturated carbocycles. The van der Waals surface area contributed by atoms with E-state index in [-0.39, 0.29) is 148 Å². The minimum atomic E-state index is -3.86. The first-order valence-electron chi connectivity index (χ1n) is 8.09. The van der Waals surface area contributed by atoms with Crippen molar-refractivity contribution in [2.45, 2.75) is 12.8 Å².